The lowest BCUT2D eigenvalue weighted by atomic mass is 10.0. The van der Waals surface area contributed by atoms with Crippen LogP contribution in [0.1, 0.15) is 31.9 Å². The molecule has 0 bridgehead atoms. The van der Waals surface area contributed by atoms with Crippen LogP contribution in [-0.2, 0) is 12.8 Å². The number of amides is 2. The van der Waals surface area contributed by atoms with Gasteiger partial charge in [0.15, 0.2) is 5.96 Å². The minimum absolute atomic E-state index is 0.176. The second-order valence-electron chi connectivity index (χ2n) is 4.75. The number of carbonyl (C=O) groups is 1. The molecule has 6 nitrogen and oxygen atoms in total. The van der Waals surface area contributed by atoms with Gasteiger partial charge in [-0.05, 0) is 31.4 Å². The predicted octanol–water partition coefficient (Wildman–Crippen LogP) is 2.29. The molecule has 2 amide bonds. The van der Waals surface area contributed by atoms with Crippen LogP contribution in [0.2, 0.25) is 0 Å². The van der Waals surface area contributed by atoms with Gasteiger partial charge >= 0.3 is 6.03 Å². The molecule has 0 saturated heterocycles. The Morgan fingerprint density at radius 3 is 2.33 bits per heavy atom. The molecule has 6 heteroatoms. The average molecular weight is 292 g/mol. The highest BCUT2D eigenvalue weighted by molar-refractivity contribution is 6.03. The van der Waals surface area contributed by atoms with Crippen LogP contribution in [0.5, 0.6) is 5.75 Å². The van der Waals surface area contributed by atoms with Crippen molar-refractivity contribution in [3.05, 3.63) is 23.3 Å². The number of phenolic OH excluding ortho intramolecular Hbond substituents is 1. The molecule has 1 aromatic carbocycles. The SMILES string of the molecule is CCc1ccc(O)c(CC)c1N(C)C(=O)N(CC)C(=N)N. The molecule has 4 N–H and O–H groups in total. The van der Waals surface area contributed by atoms with E-state index in [0.717, 1.165) is 17.5 Å². The second kappa shape index (κ2) is 6.97. The van der Waals surface area contributed by atoms with Crippen molar-refractivity contribution in [2.45, 2.75) is 33.6 Å². The largest absolute Gasteiger partial charge is 0.508 e. The van der Waals surface area contributed by atoms with Crippen LogP contribution in [0, 0.1) is 5.41 Å². The van der Waals surface area contributed by atoms with Crippen molar-refractivity contribution in [3.8, 4) is 5.75 Å². The molecule has 0 spiro atoms. The van der Waals surface area contributed by atoms with Crippen LogP contribution in [0.3, 0.4) is 0 Å². The third kappa shape index (κ3) is 3.26. The normalized spacial score (nSPS) is 10.3. The molecule has 1 rings (SSSR count). The maximum absolute atomic E-state index is 12.5. The summed E-state index contributed by atoms with van der Waals surface area (Å²) in [5.41, 5.74) is 7.85. The third-order valence-corrected chi connectivity index (χ3v) is 3.54. The van der Waals surface area contributed by atoms with E-state index in [1.165, 1.54) is 9.80 Å². The molecule has 0 saturated carbocycles. The average Bonchev–Trinajstić information content (AvgIpc) is 2.46. The number of phenols is 1. The van der Waals surface area contributed by atoms with Gasteiger partial charge in [-0.3, -0.25) is 15.2 Å². The van der Waals surface area contributed by atoms with Crippen LogP contribution in [0.25, 0.3) is 0 Å². The monoisotopic (exact) mass is 292 g/mol. The molecule has 21 heavy (non-hydrogen) atoms. The Morgan fingerprint density at radius 1 is 1.29 bits per heavy atom. The van der Waals surface area contributed by atoms with Gasteiger partial charge in [-0.15, -0.1) is 0 Å². The van der Waals surface area contributed by atoms with Crippen molar-refractivity contribution in [1.29, 1.82) is 5.41 Å². The number of nitrogens with one attached hydrogen (secondary N) is 1. The summed E-state index contributed by atoms with van der Waals surface area (Å²) >= 11 is 0. The van der Waals surface area contributed by atoms with E-state index in [4.69, 9.17) is 11.1 Å². The summed E-state index contributed by atoms with van der Waals surface area (Å²) < 4.78 is 0. The first-order chi connectivity index (χ1) is 9.88. The van der Waals surface area contributed by atoms with Crippen LogP contribution < -0.4 is 10.6 Å². The summed E-state index contributed by atoms with van der Waals surface area (Å²) in [6, 6.07) is 3.10. The first kappa shape index (κ1) is 16.8. The number of hydrogen-bond acceptors (Lipinski definition) is 3. The van der Waals surface area contributed by atoms with Crippen LogP contribution >= 0.6 is 0 Å². The Bertz CT molecular complexity index is 543. The zero-order valence-corrected chi connectivity index (χ0v) is 13.1. The van der Waals surface area contributed by atoms with E-state index in [9.17, 15) is 9.90 Å². The molecule has 0 aliphatic carbocycles. The molecule has 0 fully saturated rings. The highest BCUT2D eigenvalue weighted by atomic mass is 16.3. The number of nitrogens with zero attached hydrogens (tertiary/aromatic N) is 2. The fraction of sp³-hybridized carbons (Fsp3) is 0.467. The van der Waals surface area contributed by atoms with E-state index < -0.39 is 0 Å². The van der Waals surface area contributed by atoms with Crippen LogP contribution in [0.15, 0.2) is 12.1 Å². The number of anilines is 1. The lowest BCUT2D eigenvalue weighted by Crippen LogP contribution is -2.48. The molecular formula is C15H24N4O2. The number of nitrogens with two attached hydrogens (primary N) is 1. The quantitative estimate of drug-likeness (QED) is 0.587. The molecule has 0 heterocycles. The number of urea groups is 1. The van der Waals surface area contributed by atoms with E-state index in [0.29, 0.717) is 18.7 Å². The highest BCUT2D eigenvalue weighted by Gasteiger charge is 2.24. The third-order valence-electron chi connectivity index (χ3n) is 3.54. The molecule has 0 aliphatic rings. The Morgan fingerprint density at radius 2 is 1.90 bits per heavy atom. The maximum atomic E-state index is 12.5. The van der Waals surface area contributed by atoms with E-state index in [1.54, 1.807) is 20.0 Å². The van der Waals surface area contributed by atoms with E-state index in [1.807, 2.05) is 19.9 Å². The van der Waals surface area contributed by atoms with Crippen molar-refractivity contribution in [2.75, 3.05) is 18.5 Å². The fourth-order valence-corrected chi connectivity index (χ4v) is 2.41. The first-order valence-electron chi connectivity index (χ1n) is 7.11. The smallest absolute Gasteiger partial charge is 0.331 e. The topological polar surface area (TPSA) is 93.6 Å². The second-order valence-corrected chi connectivity index (χ2v) is 4.75. The van der Waals surface area contributed by atoms with Crippen molar-refractivity contribution >= 4 is 17.7 Å². The van der Waals surface area contributed by atoms with Crippen molar-refractivity contribution in [3.63, 3.8) is 0 Å². The Balaban J connectivity index is 3.34. The van der Waals surface area contributed by atoms with Crippen molar-refractivity contribution < 1.29 is 9.90 Å². The highest BCUT2D eigenvalue weighted by Crippen LogP contribution is 2.33. The summed E-state index contributed by atoms with van der Waals surface area (Å²) in [6.45, 7) is 6.01. The van der Waals surface area contributed by atoms with E-state index in [2.05, 4.69) is 0 Å². The number of benzene rings is 1. The molecule has 0 aromatic heterocycles. The summed E-state index contributed by atoms with van der Waals surface area (Å²) in [4.78, 5) is 15.2. The van der Waals surface area contributed by atoms with Gasteiger partial charge in [0, 0.05) is 19.2 Å². The fourth-order valence-electron chi connectivity index (χ4n) is 2.41. The Labute approximate surface area is 125 Å². The molecule has 0 aliphatic heterocycles. The molecule has 116 valence electrons. The number of hydrogen-bond donors (Lipinski definition) is 3. The predicted molar refractivity (Wildman–Crippen MR) is 85.0 cm³/mol. The molecule has 1 aromatic rings. The van der Waals surface area contributed by atoms with Crippen molar-refractivity contribution in [1.82, 2.24) is 4.90 Å². The number of rotatable bonds is 4. The van der Waals surface area contributed by atoms with Gasteiger partial charge in [0.2, 0.25) is 0 Å². The van der Waals surface area contributed by atoms with Gasteiger partial charge in [0.1, 0.15) is 5.75 Å². The minimum atomic E-state index is -0.375. The lowest BCUT2D eigenvalue weighted by Gasteiger charge is -2.29. The van der Waals surface area contributed by atoms with Crippen LogP contribution in [0.4, 0.5) is 10.5 Å². The number of carbonyl (C=O) groups excluding carboxylic acids is 1. The number of aromatic hydroxyl groups is 1. The Kier molecular flexibility index (Phi) is 5.58. The van der Waals surface area contributed by atoms with Crippen LogP contribution in [-0.4, -0.2) is 35.6 Å². The molecule has 0 radical (unpaired) electrons. The number of guanidine groups is 1. The summed E-state index contributed by atoms with van der Waals surface area (Å²) in [7, 11) is 1.64. The zero-order chi connectivity index (χ0) is 16.2. The Hall–Kier alpha value is -2.24. The summed E-state index contributed by atoms with van der Waals surface area (Å²) in [6.07, 6.45) is 1.35. The molecular weight excluding hydrogens is 268 g/mol. The molecule has 0 atom stereocenters. The lowest BCUT2D eigenvalue weighted by molar-refractivity contribution is 0.229. The summed E-state index contributed by atoms with van der Waals surface area (Å²) in [5, 5.41) is 17.5. The molecule has 0 unspecified atom stereocenters. The zero-order valence-electron chi connectivity index (χ0n) is 13.1. The van der Waals surface area contributed by atoms with E-state index >= 15 is 0 Å². The first-order valence-corrected chi connectivity index (χ1v) is 7.11. The van der Waals surface area contributed by atoms with Gasteiger partial charge in [0.25, 0.3) is 0 Å². The number of aryl methyl sites for hydroxylation is 1. The van der Waals surface area contributed by atoms with Gasteiger partial charge < -0.3 is 10.8 Å². The standard InChI is InChI=1S/C15H24N4O2/c1-5-10-8-9-12(20)11(6-2)13(10)18(4)15(21)19(7-3)14(16)17/h8-9,20H,5-7H2,1-4H3,(H3,16,17). The summed E-state index contributed by atoms with van der Waals surface area (Å²) in [5.74, 6) is -0.110. The maximum Gasteiger partial charge on any atom is 0.331 e. The van der Waals surface area contributed by atoms with E-state index in [-0.39, 0.29) is 17.7 Å². The van der Waals surface area contributed by atoms with Gasteiger partial charge in [-0.25, -0.2) is 4.79 Å². The van der Waals surface area contributed by atoms with Gasteiger partial charge in [-0.1, -0.05) is 19.9 Å². The van der Waals surface area contributed by atoms with Gasteiger partial charge in [0.05, 0.1) is 5.69 Å². The minimum Gasteiger partial charge on any atom is -0.508 e. The van der Waals surface area contributed by atoms with Gasteiger partial charge in [-0.2, -0.15) is 0 Å². The van der Waals surface area contributed by atoms with Crippen molar-refractivity contribution in [2.24, 2.45) is 5.73 Å².